The van der Waals surface area contributed by atoms with E-state index in [1.54, 1.807) is 0 Å². The first-order valence-corrected chi connectivity index (χ1v) is 1.84. The molecule has 0 N–H and O–H groups in total. The molecule has 0 atom stereocenters. The predicted molar refractivity (Wildman–Crippen MR) is 9.80 cm³/mol. The molecule has 0 amide bonds. The van der Waals surface area contributed by atoms with E-state index in [4.69, 9.17) is 14.1 Å². The van der Waals surface area contributed by atoms with Crippen LogP contribution < -0.4 is 9.59 Å². The molecule has 0 aliphatic carbocycles. The third kappa shape index (κ3) is 472. The molecule has 0 saturated heterocycles. The second kappa shape index (κ2) is 9.01. The first kappa shape index (κ1) is 16.2. The van der Waals surface area contributed by atoms with E-state index in [-0.39, 0.29) is 28.5 Å². The summed E-state index contributed by atoms with van der Waals surface area (Å²) in [4.78, 5) is 17.0. The zero-order valence-corrected chi connectivity index (χ0v) is 6.83. The quantitative estimate of drug-likeness (QED) is 0.452. The fraction of sp³-hybridized carbons (Fsp3) is 0. The van der Waals surface area contributed by atoms with Crippen LogP contribution in [0.15, 0.2) is 0 Å². The Kier molecular flexibility index (Phi) is 24.4. The van der Waals surface area contributed by atoms with Gasteiger partial charge in [-0.15, -0.1) is 0 Å². The number of hydrogen-bond acceptors (Lipinski definition) is 3. The summed E-state index contributed by atoms with van der Waals surface area (Å²) < 4.78 is 8.52. The molecule has 0 bridgehead atoms. The molecule has 0 aromatic rings. The van der Waals surface area contributed by atoms with Crippen molar-refractivity contribution in [2.45, 2.75) is 0 Å². The first-order valence-electron chi connectivity index (χ1n) is 0.612. The summed E-state index contributed by atoms with van der Waals surface area (Å²) in [5.74, 6) is 0. The molecule has 0 heterocycles. The van der Waals surface area contributed by atoms with Crippen LogP contribution in [-0.2, 0) is 26.8 Å². The summed E-state index contributed by atoms with van der Waals surface area (Å²) in [6.07, 6.45) is 0. The average Bonchev–Trinajstić information content (AvgIpc) is 0.811. The molecule has 0 spiro atoms. The van der Waals surface area contributed by atoms with Crippen LogP contribution in [0, 0.1) is 0 Å². The Morgan fingerprint density at radius 2 is 1.33 bits per heavy atom. The Hall–Kier alpha value is 0.317. The summed E-state index contributed by atoms with van der Waals surface area (Å²) in [5.41, 5.74) is 0. The maximum Gasteiger partial charge on any atom is 5.00 e. The smallest absolute Gasteiger partial charge is 3.00 e. The van der Waals surface area contributed by atoms with Gasteiger partial charge in [-0.2, -0.15) is 0 Å². The van der Waals surface area contributed by atoms with Gasteiger partial charge < -0.3 is 20.2 Å². The van der Waals surface area contributed by atoms with Crippen LogP contribution in [0.4, 0.5) is 0 Å². The minimum absolute atomic E-state index is 0. The molecular formula is NO3SiTa. The Labute approximate surface area is 52.2 Å². The van der Waals surface area contributed by atoms with Crippen LogP contribution in [0.2, 0.25) is 0 Å². The van der Waals surface area contributed by atoms with E-state index in [1.165, 1.54) is 0 Å². The van der Waals surface area contributed by atoms with Crippen LogP contribution in [0.25, 0.3) is 6.15 Å². The van der Waals surface area contributed by atoms with Crippen molar-refractivity contribution < 1.29 is 36.4 Å². The van der Waals surface area contributed by atoms with Gasteiger partial charge in [0.05, 0.1) is 0 Å². The van der Waals surface area contributed by atoms with Gasteiger partial charge in [0.1, 0.15) is 0 Å². The molecule has 0 aliphatic heterocycles. The van der Waals surface area contributed by atoms with Crippen LogP contribution in [0.1, 0.15) is 0 Å². The first-order chi connectivity index (χ1) is 1.73. The largest absolute Gasteiger partial charge is 5.00 e. The average molecular weight is 271 g/mol. The third-order valence-corrected chi connectivity index (χ3v) is 0. The van der Waals surface area contributed by atoms with E-state index < -0.39 is 9.17 Å². The van der Waals surface area contributed by atoms with Gasteiger partial charge in [0.25, 0.3) is 0 Å². The van der Waals surface area contributed by atoms with Crippen molar-refractivity contribution in [2.75, 3.05) is 0 Å². The summed E-state index contributed by atoms with van der Waals surface area (Å²) in [7, 11) is -3.63. The van der Waals surface area contributed by atoms with E-state index in [0.29, 0.717) is 0 Å². The van der Waals surface area contributed by atoms with E-state index in [9.17, 15) is 0 Å². The van der Waals surface area contributed by atoms with Crippen molar-refractivity contribution in [2.24, 2.45) is 0 Å². The standard InChI is InChI=1S/N.O3Si.Ta/c;1-4(2)3;/q-3;-2;+5. The minimum Gasteiger partial charge on any atom is -3.00 e. The van der Waals surface area contributed by atoms with Gasteiger partial charge >= 0.3 is 22.4 Å². The van der Waals surface area contributed by atoms with Crippen molar-refractivity contribution in [3.8, 4) is 0 Å². The van der Waals surface area contributed by atoms with E-state index in [2.05, 4.69) is 0 Å². The molecule has 0 rings (SSSR count). The van der Waals surface area contributed by atoms with Crippen molar-refractivity contribution in [3.05, 3.63) is 6.15 Å². The molecular weight excluding hydrogens is 271 g/mol. The summed E-state index contributed by atoms with van der Waals surface area (Å²) in [5, 5.41) is 0. The maximum absolute atomic E-state index is 8.52. The molecule has 32 valence electrons. The van der Waals surface area contributed by atoms with E-state index >= 15 is 0 Å². The molecule has 0 aromatic carbocycles. The Bertz CT molecular complexity index is 33.8. The molecule has 6 heteroatoms. The van der Waals surface area contributed by atoms with Crippen molar-refractivity contribution in [3.63, 3.8) is 0 Å². The Balaban J connectivity index is -0.0000000450. The SMILES string of the molecule is O=[Si]([O-])[O-].[N-3].[Ta+5]. The molecule has 0 unspecified atom stereocenters. The predicted octanol–water partition coefficient (Wildman–Crippen LogP) is -2.59. The topological polar surface area (TPSA) is 93.7 Å². The molecule has 0 saturated carbocycles. The Morgan fingerprint density at radius 1 is 1.33 bits per heavy atom. The minimum atomic E-state index is -3.63. The molecule has 0 radical (unpaired) electrons. The van der Waals surface area contributed by atoms with Crippen molar-refractivity contribution in [1.82, 2.24) is 0 Å². The molecule has 6 heavy (non-hydrogen) atoms. The zero-order chi connectivity index (χ0) is 3.58. The van der Waals surface area contributed by atoms with Gasteiger partial charge in [-0.05, 0) is 0 Å². The molecule has 4 nitrogen and oxygen atoms in total. The fourth-order valence-electron chi connectivity index (χ4n) is 0. The van der Waals surface area contributed by atoms with Gasteiger partial charge in [-0.3, -0.25) is 0 Å². The van der Waals surface area contributed by atoms with Crippen molar-refractivity contribution >= 4 is 9.17 Å². The number of rotatable bonds is 0. The number of hydrogen-bond donors (Lipinski definition) is 0. The van der Waals surface area contributed by atoms with Crippen LogP contribution >= 0.6 is 0 Å². The zero-order valence-electron chi connectivity index (χ0n) is 2.62. The third-order valence-electron chi connectivity index (χ3n) is 0. The van der Waals surface area contributed by atoms with Gasteiger partial charge in [0.15, 0.2) is 0 Å². The summed E-state index contributed by atoms with van der Waals surface area (Å²) in [6.45, 7) is 0. The second-order valence-electron chi connectivity index (χ2n) is 0.250. The normalized spacial score (nSPS) is 4.00. The fourth-order valence-corrected chi connectivity index (χ4v) is 0. The van der Waals surface area contributed by atoms with Gasteiger partial charge in [-0.25, -0.2) is 0 Å². The van der Waals surface area contributed by atoms with Gasteiger partial charge in [-0.1, -0.05) is 0 Å². The van der Waals surface area contributed by atoms with Crippen molar-refractivity contribution in [1.29, 1.82) is 0 Å². The van der Waals surface area contributed by atoms with Gasteiger partial charge in [0.2, 0.25) is 0 Å². The Morgan fingerprint density at radius 3 is 1.33 bits per heavy atom. The van der Waals surface area contributed by atoms with Crippen LogP contribution in [0.3, 0.4) is 0 Å². The summed E-state index contributed by atoms with van der Waals surface area (Å²) in [6, 6.07) is 0. The molecule has 0 aliphatic rings. The second-order valence-corrected chi connectivity index (χ2v) is 0.750. The van der Waals surface area contributed by atoms with Crippen LogP contribution in [0.5, 0.6) is 0 Å². The maximum atomic E-state index is 8.52. The van der Waals surface area contributed by atoms with Crippen LogP contribution in [-0.4, -0.2) is 9.17 Å². The molecule has 0 aromatic heterocycles. The molecule has 0 fully saturated rings. The monoisotopic (exact) mass is 271 g/mol. The number of nitrogens with zero attached hydrogens (tertiary/aromatic N) is 1. The van der Waals surface area contributed by atoms with E-state index in [0.717, 1.165) is 0 Å². The summed E-state index contributed by atoms with van der Waals surface area (Å²) >= 11 is 0. The van der Waals surface area contributed by atoms with Gasteiger partial charge in [0, 0.05) is 9.17 Å². The van der Waals surface area contributed by atoms with E-state index in [1.807, 2.05) is 0 Å².